The highest BCUT2D eigenvalue weighted by Gasteiger charge is 2.10. The summed E-state index contributed by atoms with van der Waals surface area (Å²) in [7, 11) is 0. The van der Waals surface area contributed by atoms with Crippen molar-refractivity contribution in [2.75, 3.05) is 0 Å². The van der Waals surface area contributed by atoms with E-state index in [9.17, 15) is 4.79 Å². The molecule has 0 aromatic rings. The lowest BCUT2D eigenvalue weighted by Gasteiger charge is -2.10. The molecule has 0 saturated carbocycles. The van der Waals surface area contributed by atoms with Crippen LogP contribution in [0.5, 0.6) is 0 Å². The maximum atomic E-state index is 11.4. The van der Waals surface area contributed by atoms with E-state index in [0.717, 1.165) is 25.7 Å². The van der Waals surface area contributed by atoms with Crippen LogP contribution in [0.25, 0.3) is 0 Å². The highest BCUT2D eigenvalue weighted by Crippen LogP contribution is 2.13. The Labute approximate surface area is 76.6 Å². The molecule has 0 aliphatic rings. The number of hydrogen-bond acceptors (Lipinski definition) is 1. The molecule has 2 atom stereocenters. The second-order valence-corrected chi connectivity index (χ2v) is 3.97. The van der Waals surface area contributed by atoms with Crippen LogP contribution in [0.3, 0.4) is 0 Å². The Morgan fingerprint density at radius 2 is 1.33 bits per heavy atom. The summed E-state index contributed by atoms with van der Waals surface area (Å²) in [6.45, 7) is 8.57. The molecule has 0 spiro atoms. The van der Waals surface area contributed by atoms with Gasteiger partial charge in [0.25, 0.3) is 0 Å². The molecule has 0 aromatic carbocycles. The predicted octanol–water partition coefficient (Wildman–Crippen LogP) is 3.43. The second kappa shape index (κ2) is 6.22. The average molecular weight is 170 g/mol. The van der Waals surface area contributed by atoms with Crippen LogP contribution in [-0.2, 0) is 4.79 Å². The smallest absolute Gasteiger partial charge is 0.133 e. The zero-order valence-corrected chi connectivity index (χ0v) is 8.89. The quantitative estimate of drug-likeness (QED) is 0.597. The normalized spacial score (nSPS) is 15.7. The van der Waals surface area contributed by atoms with Crippen LogP contribution >= 0.6 is 0 Å². The average Bonchev–Trinajstić information content (AvgIpc) is 2.03. The van der Waals surface area contributed by atoms with E-state index in [-0.39, 0.29) is 0 Å². The molecular weight excluding hydrogens is 148 g/mol. The molecule has 1 heteroatoms. The highest BCUT2D eigenvalue weighted by molar-refractivity contribution is 5.78. The van der Waals surface area contributed by atoms with E-state index in [1.807, 2.05) is 0 Å². The lowest BCUT2D eigenvalue weighted by atomic mass is 9.95. The third-order valence-electron chi connectivity index (χ3n) is 2.55. The first-order valence-corrected chi connectivity index (χ1v) is 5.11. The van der Waals surface area contributed by atoms with Gasteiger partial charge in [-0.3, -0.25) is 4.79 Å². The van der Waals surface area contributed by atoms with Crippen LogP contribution in [0, 0.1) is 11.8 Å². The number of hydrogen-bond donors (Lipinski definition) is 0. The first-order valence-electron chi connectivity index (χ1n) is 5.11. The molecule has 0 rings (SSSR count). The molecule has 0 heterocycles. The molecule has 1 nitrogen and oxygen atoms in total. The van der Waals surface area contributed by atoms with Crippen LogP contribution in [0.2, 0.25) is 0 Å². The second-order valence-electron chi connectivity index (χ2n) is 3.97. The maximum absolute atomic E-state index is 11.4. The number of Topliss-reactive ketones (excluding diaryl/α,β-unsaturated/α-hetero) is 1. The molecule has 12 heavy (non-hydrogen) atoms. The van der Waals surface area contributed by atoms with Crippen LogP contribution in [-0.4, -0.2) is 5.78 Å². The van der Waals surface area contributed by atoms with Gasteiger partial charge in [-0.25, -0.2) is 0 Å². The summed E-state index contributed by atoms with van der Waals surface area (Å²) >= 11 is 0. The van der Waals surface area contributed by atoms with Crippen molar-refractivity contribution >= 4 is 5.78 Å². The lowest BCUT2D eigenvalue weighted by molar-refractivity contribution is -0.120. The number of rotatable bonds is 6. The van der Waals surface area contributed by atoms with Gasteiger partial charge in [0.15, 0.2) is 0 Å². The molecule has 0 aliphatic carbocycles. The number of ketones is 1. The summed E-state index contributed by atoms with van der Waals surface area (Å²) in [5, 5.41) is 0. The Hall–Kier alpha value is -0.330. The van der Waals surface area contributed by atoms with Crippen molar-refractivity contribution in [2.45, 2.75) is 53.4 Å². The minimum atomic E-state index is 0.443. The fourth-order valence-electron chi connectivity index (χ4n) is 1.15. The lowest BCUT2D eigenvalue weighted by Crippen LogP contribution is -2.08. The molecule has 0 unspecified atom stereocenters. The van der Waals surface area contributed by atoms with Crippen LogP contribution in [0.15, 0.2) is 0 Å². The summed E-state index contributed by atoms with van der Waals surface area (Å²) in [5.74, 6) is 1.59. The Morgan fingerprint density at radius 3 is 1.58 bits per heavy atom. The van der Waals surface area contributed by atoms with Gasteiger partial charge in [-0.15, -0.1) is 0 Å². The highest BCUT2D eigenvalue weighted by atomic mass is 16.1. The van der Waals surface area contributed by atoms with Gasteiger partial charge in [-0.1, -0.05) is 40.5 Å². The molecule has 0 amide bonds. The molecule has 0 fully saturated rings. The van der Waals surface area contributed by atoms with Crippen molar-refractivity contribution in [3.05, 3.63) is 0 Å². The first-order chi connectivity index (χ1) is 5.60. The first kappa shape index (κ1) is 11.7. The fourth-order valence-corrected chi connectivity index (χ4v) is 1.15. The van der Waals surface area contributed by atoms with E-state index in [4.69, 9.17) is 0 Å². The van der Waals surface area contributed by atoms with Crippen molar-refractivity contribution < 1.29 is 4.79 Å². The third-order valence-corrected chi connectivity index (χ3v) is 2.55. The molecule has 0 N–H and O–H groups in total. The SMILES string of the molecule is CC[C@H](C)CC(=O)C[C@@H](C)CC. The molecule has 0 radical (unpaired) electrons. The standard InChI is InChI=1S/C11H22O/c1-5-9(3)7-11(12)8-10(4)6-2/h9-10H,5-8H2,1-4H3/t9-,10-/m0/s1. The topological polar surface area (TPSA) is 17.1 Å². The minimum absolute atomic E-state index is 0.443. The maximum Gasteiger partial charge on any atom is 0.133 e. The Bertz CT molecular complexity index is 115. The Balaban J connectivity index is 3.59. The van der Waals surface area contributed by atoms with Gasteiger partial charge in [0.2, 0.25) is 0 Å². The van der Waals surface area contributed by atoms with Gasteiger partial charge in [0, 0.05) is 12.8 Å². The van der Waals surface area contributed by atoms with Crippen molar-refractivity contribution in [2.24, 2.45) is 11.8 Å². The summed E-state index contributed by atoms with van der Waals surface area (Å²) in [5.41, 5.74) is 0. The third kappa shape index (κ3) is 5.34. The van der Waals surface area contributed by atoms with Gasteiger partial charge in [0.1, 0.15) is 5.78 Å². The molecule has 0 saturated heterocycles. The zero-order chi connectivity index (χ0) is 9.56. The van der Waals surface area contributed by atoms with Gasteiger partial charge in [-0.05, 0) is 11.8 Å². The van der Waals surface area contributed by atoms with E-state index in [1.165, 1.54) is 0 Å². The van der Waals surface area contributed by atoms with E-state index >= 15 is 0 Å². The molecule has 0 aliphatic heterocycles. The molecular formula is C11H22O. The van der Waals surface area contributed by atoms with Crippen molar-refractivity contribution in [3.63, 3.8) is 0 Å². The molecule has 72 valence electrons. The van der Waals surface area contributed by atoms with Gasteiger partial charge < -0.3 is 0 Å². The summed E-state index contributed by atoms with van der Waals surface area (Å²) < 4.78 is 0. The van der Waals surface area contributed by atoms with E-state index in [1.54, 1.807) is 0 Å². The van der Waals surface area contributed by atoms with Gasteiger partial charge in [0.05, 0.1) is 0 Å². The number of carbonyl (C=O) groups is 1. The zero-order valence-electron chi connectivity index (χ0n) is 8.89. The van der Waals surface area contributed by atoms with Crippen molar-refractivity contribution in [1.82, 2.24) is 0 Å². The van der Waals surface area contributed by atoms with E-state index < -0.39 is 0 Å². The van der Waals surface area contributed by atoms with Crippen LogP contribution in [0.4, 0.5) is 0 Å². The Morgan fingerprint density at radius 1 is 1.00 bits per heavy atom. The predicted molar refractivity (Wildman–Crippen MR) is 53.2 cm³/mol. The summed E-state index contributed by atoms with van der Waals surface area (Å²) in [6, 6.07) is 0. The van der Waals surface area contributed by atoms with Crippen LogP contribution in [0.1, 0.15) is 53.4 Å². The molecule has 0 bridgehead atoms. The van der Waals surface area contributed by atoms with Gasteiger partial charge in [-0.2, -0.15) is 0 Å². The van der Waals surface area contributed by atoms with Crippen molar-refractivity contribution in [1.29, 1.82) is 0 Å². The van der Waals surface area contributed by atoms with Gasteiger partial charge >= 0.3 is 0 Å². The van der Waals surface area contributed by atoms with E-state index in [2.05, 4.69) is 27.7 Å². The van der Waals surface area contributed by atoms with Crippen molar-refractivity contribution in [3.8, 4) is 0 Å². The number of carbonyl (C=O) groups excluding carboxylic acids is 1. The fraction of sp³-hybridized carbons (Fsp3) is 0.909. The largest absolute Gasteiger partial charge is 0.300 e. The summed E-state index contributed by atoms with van der Waals surface area (Å²) in [6.07, 6.45) is 3.79. The minimum Gasteiger partial charge on any atom is -0.300 e. The summed E-state index contributed by atoms with van der Waals surface area (Å²) in [4.78, 5) is 11.4. The van der Waals surface area contributed by atoms with E-state index in [0.29, 0.717) is 17.6 Å². The van der Waals surface area contributed by atoms with Crippen LogP contribution < -0.4 is 0 Å². The Kier molecular flexibility index (Phi) is 6.04. The monoisotopic (exact) mass is 170 g/mol. The molecule has 0 aromatic heterocycles.